The molecule has 0 atom stereocenters. The van der Waals surface area contributed by atoms with Crippen molar-refractivity contribution in [2.45, 2.75) is 20.4 Å². The van der Waals surface area contributed by atoms with Crippen molar-refractivity contribution in [1.29, 1.82) is 0 Å². The predicted octanol–water partition coefficient (Wildman–Crippen LogP) is 5.13. The van der Waals surface area contributed by atoms with Gasteiger partial charge in [-0.3, -0.25) is 4.79 Å². The summed E-state index contributed by atoms with van der Waals surface area (Å²) in [6.45, 7) is 4.91. The molecule has 1 aliphatic rings. The number of hydrogen-bond donors (Lipinski definition) is 0. The van der Waals surface area contributed by atoms with E-state index in [1.165, 1.54) is 0 Å². The number of benzene rings is 2. The molecule has 158 valence electrons. The SMILES string of the molecule is Cc1nn(-c2ccccc2)c(C)c1CN(C)C(=O)/C=C/C1=Cc2cc(Cl)ccc2OC1. The van der Waals surface area contributed by atoms with Crippen molar-refractivity contribution in [3.8, 4) is 11.4 Å². The number of aryl methyl sites for hydroxylation is 1. The number of carbonyl (C=O) groups is 1. The second kappa shape index (κ2) is 8.82. The van der Waals surface area contributed by atoms with E-state index in [1.807, 2.05) is 67.1 Å². The average Bonchev–Trinajstić information content (AvgIpc) is 3.06. The van der Waals surface area contributed by atoms with Gasteiger partial charge in [-0.05, 0) is 55.8 Å². The number of halogens is 1. The molecule has 1 amide bonds. The summed E-state index contributed by atoms with van der Waals surface area (Å²) in [5.41, 5.74) is 5.84. The lowest BCUT2D eigenvalue weighted by molar-refractivity contribution is -0.125. The minimum Gasteiger partial charge on any atom is -0.488 e. The summed E-state index contributed by atoms with van der Waals surface area (Å²) >= 11 is 6.07. The average molecular weight is 434 g/mol. The Morgan fingerprint density at radius 2 is 2.00 bits per heavy atom. The van der Waals surface area contributed by atoms with E-state index in [1.54, 1.807) is 30.2 Å². The lowest BCUT2D eigenvalue weighted by Gasteiger charge is -2.17. The normalized spacial score (nSPS) is 13.0. The number of fused-ring (bicyclic) bond motifs is 1. The van der Waals surface area contributed by atoms with Gasteiger partial charge < -0.3 is 9.64 Å². The van der Waals surface area contributed by atoms with E-state index < -0.39 is 0 Å². The smallest absolute Gasteiger partial charge is 0.246 e. The van der Waals surface area contributed by atoms with Crippen molar-refractivity contribution in [3.63, 3.8) is 0 Å². The quantitative estimate of drug-likeness (QED) is 0.524. The van der Waals surface area contributed by atoms with E-state index in [4.69, 9.17) is 16.3 Å². The van der Waals surface area contributed by atoms with Gasteiger partial charge in [0.25, 0.3) is 0 Å². The number of carbonyl (C=O) groups excluding carboxylic acids is 1. The molecule has 4 rings (SSSR count). The Morgan fingerprint density at radius 3 is 2.77 bits per heavy atom. The van der Waals surface area contributed by atoms with E-state index >= 15 is 0 Å². The summed E-state index contributed by atoms with van der Waals surface area (Å²) in [6.07, 6.45) is 5.37. The summed E-state index contributed by atoms with van der Waals surface area (Å²) in [4.78, 5) is 14.4. The van der Waals surface area contributed by atoms with Crippen molar-refractivity contribution in [2.24, 2.45) is 0 Å². The number of hydrogen-bond acceptors (Lipinski definition) is 3. The zero-order chi connectivity index (χ0) is 22.0. The van der Waals surface area contributed by atoms with Crippen LogP contribution in [0, 0.1) is 13.8 Å². The van der Waals surface area contributed by atoms with Crippen molar-refractivity contribution in [3.05, 3.63) is 93.8 Å². The second-order valence-electron chi connectivity index (χ2n) is 7.61. The molecule has 0 radical (unpaired) electrons. The first-order valence-corrected chi connectivity index (χ1v) is 10.5. The van der Waals surface area contributed by atoms with E-state index in [0.717, 1.165) is 39.5 Å². The first-order valence-electron chi connectivity index (χ1n) is 10.1. The third kappa shape index (κ3) is 4.57. The molecule has 1 aliphatic heterocycles. The molecule has 0 N–H and O–H groups in total. The van der Waals surface area contributed by atoms with Crippen LogP contribution in [0.3, 0.4) is 0 Å². The van der Waals surface area contributed by atoms with Gasteiger partial charge in [0.2, 0.25) is 5.91 Å². The molecular formula is C25H24ClN3O2. The molecule has 0 spiro atoms. The molecule has 2 aromatic carbocycles. The monoisotopic (exact) mass is 433 g/mol. The third-order valence-electron chi connectivity index (χ3n) is 5.36. The number of likely N-dealkylation sites (N-methyl/N-ethyl adjacent to an activating group) is 1. The Labute approximate surface area is 187 Å². The van der Waals surface area contributed by atoms with Gasteiger partial charge in [-0.2, -0.15) is 5.10 Å². The van der Waals surface area contributed by atoms with Gasteiger partial charge >= 0.3 is 0 Å². The van der Waals surface area contributed by atoms with Crippen molar-refractivity contribution < 1.29 is 9.53 Å². The maximum Gasteiger partial charge on any atom is 0.246 e. The molecule has 2 heterocycles. The standard InChI is InChI=1S/C25H24ClN3O2/c1-17-23(18(2)29(27-17)22-7-5-4-6-8-22)15-28(3)25(30)12-9-19-13-20-14-21(26)10-11-24(20)31-16-19/h4-14H,15-16H2,1-3H3/b12-9+. The first-order chi connectivity index (χ1) is 14.9. The molecule has 0 saturated heterocycles. The maximum absolute atomic E-state index is 12.7. The van der Waals surface area contributed by atoms with E-state index in [-0.39, 0.29) is 5.91 Å². The highest BCUT2D eigenvalue weighted by molar-refractivity contribution is 6.30. The number of aromatic nitrogens is 2. The fraction of sp³-hybridized carbons (Fsp3) is 0.200. The summed E-state index contributed by atoms with van der Waals surface area (Å²) in [6, 6.07) is 15.5. The van der Waals surface area contributed by atoms with Crippen LogP contribution in [0.4, 0.5) is 0 Å². The van der Waals surface area contributed by atoms with Gasteiger partial charge in [0.1, 0.15) is 12.4 Å². The molecule has 0 aliphatic carbocycles. The zero-order valence-corrected chi connectivity index (χ0v) is 18.6. The van der Waals surface area contributed by atoms with E-state index in [2.05, 4.69) is 5.10 Å². The third-order valence-corrected chi connectivity index (χ3v) is 5.60. The molecule has 3 aromatic rings. The van der Waals surface area contributed by atoms with Crippen molar-refractivity contribution in [2.75, 3.05) is 13.7 Å². The summed E-state index contributed by atoms with van der Waals surface area (Å²) in [5, 5.41) is 5.32. The van der Waals surface area contributed by atoms with Gasteiger partial charge in [0.15, 0.2) is 0 Å². The van der Waals surface area contributed by atoms with E-state index in [9.17, 15) is 4.79 Å². The first kappa shape index (κ1) is 20.9. The lowest BCUT2D eigenvalue weighted by Crippen LogP contribution is -2.25. The fourth-order valence-electron chi connectivity index (χ4n) is 3.61. The molecule has 0 fully saturated rings. The number of rotatable bonds is 5. The highest BCUT2D eigenvalue weighted by atomic mass is 35.5. The lowest BCUT2D eigenvalue weighted by atomic mass is 10.1. The number of nitrogens with zero attached hydrogens (tertiary/aromatic N) is 3. The molecule has 31 heavy (non-hydrogen) atoms. The summed E-state index contributed by atoms with van der Waals surface area (Å²) < 4.78 is 7.66. The highest BCUT2D eigenvalue weighted by Gasteiger charge is 2.16. The Hall–Kier alpha value is -3.31. The van der Waals surface area contributed by atoms with Gasteiger partial charge in [-0.15, -0.1) is 0 Å². The Kier molecular flexibility index (Phi) is 5.96. The number of amides is 1. The highest BCUT2D eigenvalue weighted by Crippen LogP contribution is 2.29. The molecule has 0 unspecified atom stereocenters. The van der Waals surface area contributed by atoms with Crippen molar-refractivity contribution in [1.82, 2.24) is 14.7 Å². The Bertz CT molecular complexity index is 1180. The second-order valence-corrected chi connectivity index (χ2v) is 8.05. The molecule has 5 nitrogen and oxygen atoms in total. The molecule has 0 saturated carbocycles. The van der Waals surface area contributed by atoms with Crippen molar-refractivity contribution >= 4 is 23.6 Å². The minimum absolute atomic E-state index is 0.0796. The van der Waals surface area contributed by atoms with Crippen LogP contribution in [-0.2, 0) is 11.3 Å². The largest absolute Gasteiger partial charge is 0.488 e. The topological polar surface area (TPSA) is 47.4 Å². The van der Waals surface area contributed by atoms with Crippen LogP contribution >= 0.6 is 11.6 Å². The van der Waals surface area contributed by atoms with Crippen LogP contribution in [0.15, 0.2) is 66.3 Å². The van der Waals surface area contributed by atoms with Gasteiger partial charge in [-0.25, -0.2) is 4.68 Å². The molecule has 0 bridgehead atoms. The van der Waals surface area contributed by atoms with Gasteiger partial charge in [-0.1, -0.05) is 35.9 Å². The van der Waals surface area contributed by atoms with Gasteiger partial charge in [0, 0.05) is 41.5 Å². The van der Waals surface area contributed by atoms with Crippen LogP contribution in [-0.4, -0.2) is 34.2 Å². The molecule has 6 heteroatoms. The fourth-order valence-corrected chi connectivity index (χ4v) is 3.79. The Morgan fingerprint density at radius 1 is 1.23 bits per heavy atom. The van der Waals surface area contributed by atoms with Crippen LogP contribution in [0.1, 0.15) is 22.5 Å². The van der Waals surface area contributed by atoms with Crippen LogP contribution in [0.25, 0.3) is 11.8 Å². The molecule has 1 aromatic heterocycles. The molecular weight excluding hydrogens is 410 g/mol. The summed E-state index contributed by atoms with van der Waals surface area (Å²) in [5.74, 6) is 0.718. The Balaban J connectivity index is 1.47. The number of ether oxygens (including phenoxy) is 1. The minimum atomic E-state index is -0.0796. The number of para-hydroxylation sites is 1. The zero-order valence-electron chi connectivity index (χ0n) is 17.8. The predicted molar refractivity (Wildman–Crippen MR) is 124 cm³/mol. The van der Waals surface area contributed by atoms with E-state index in [0.29, 0.717) is 18.2 Å². The van der Waals surface area contributed by atoms with Crippen LogP contribution in [0.5, 0.6) is 5.75 Å². The van der Waals surface area contributed by atoms with Crippen LogP contribution < -0.4 is 4.74 Å². The maximum atomic E-state index is 12.7. The van der Waals surface area contributed by atoms with Crippen LogP contribution in [0.2, 0.25) is 5.02 Å². The summed E-state index contributed by atoms with van der Waals surface area (Å²) in [7, 11) is 1.80. The van der Waals surface area contributed by atoms with Gasteiger partial charge in [0.05, 0.1) is 11.4 Å².